The molecule has 1 fully saturated rings. The largest absolute Gasteiger partial charge is 0.508 e. The van der Waals surface area contributed by atoms with Crippen LogP contribution in [0.25, 0.3) is 6.08 Å². The molecule has 1 aliphatic heterocycles. The number of hydrogen-bond acceptors (Lipinski definition) is 11. The third-order valence-electron chi connectivity index (χ3n) is 5.36. The summed E-state index contributed by atoms with van der Waals surface area (Å²) in [6.45, 7) is -0.871. The fraction of sp³-hybridized carbons (Fsp3) is 0.333. The fourth-order valence-electron chi connectivity index (χ4n) is 3.53. The minimum atomic E-state index is -3.18. The summed E-state index contributed by atoms with van der Waals surface area (Å²) in [5.41, 5.74) is -3.56. The molecular formula is C21H22O11. The number of carbonyl (C=O) groups excluding carboxylic acids is 2. The lowest BCUT2D eigenvalue weighted by Gasteiger charge is -2.45. The van der Waals surface area contributed by atoms with E-state index in [0.717, 1.165) is 6.08 Å². The van der Waals surface area contributed by atoms with E-state index >= 15 is 0 Å². The zero-order chi connectivity index (χ0) is 23.8. The predicted octanol–water partition coefficient (Wildman–Crippen LogP) is -1.62. The minimum Gasteiger partial charge on any atom is -0.508 e. The number of hydrogen-bond donors (Lipinski definition) is 8. The summed E-state index contributed by atoms with van der Waals surface area (Å²) >= 11 is 0. The molecule has 0 spiro atoms. The molecule has 1 heterocycles. The van der Waals surface area contributed by atoms with Crippen molar-refractivity contribution in [3.05, 3.63) is 59.1 Å². The number of aliphatic hydroxyl groups is 7. The first-order valence-corrected chi connectivity index (χ1v) is 9.45. The number of ketones is 2. The highest BCUT2D eigenvalue weighted by Crippen LogP contribution is 2.36. The molecule has 32 heavy (non-hydrogen) atoms. The topological polar surface area (TPSA) is 205 Å². The van der Waals surface area contributed by atoms with Gasteiger partial charge in [-0.2, -0.15) is 0 Å². The molecular weight excluding hydrogens is 428 g/mol. The van der Waals surface area contributed by atoms with Crippen LogP contribution >= 0.6 is 0 Å². The molecule has 0 aromatic heterocycles. The van der Waals surface area contributed by atoms with Crippen molar-refractivity contribution in [1.29, 1.82) is 0 Å². The number of allylic oxidation sites excluding steroid dienone is 2. The molecule has 1 aromatic carbocycles. The van der Waals surface area contributed by atoms with Crippen molar-refractivity contribution < 1.29 is 55.2 Å². The van der Waals surface area contributed by atoms with Crippen LogP contribution in [0.15, 0.2) is 53.5 Å². The Bertz CT molecular complexity index is 992. The molecule has 8 N–H and O–H groups in total. The molecule has 1 aromatic rings. The lowest BCUT2D eigenvalue weighted by atomic mass is 9.74. The standard InChI is InChI=1S/C21H22O11/c22-8-13-16(27)17(28)18(29)20(32-13)21(31)14(26)7-12(25)15(19(21)30)11(24)6-3-9-1-4-10(23)5-2-9/h1-7,13,16-18,20,22-25,27-29,31H,8H2/b6-3+,15-11?/t13?,16?,17?,18?,20?,21-/m0/s1. The van der Waals surface area contributed by atoms with Crippen LogP contribution in [0.3, 0.4) is 0 Å². The molecule has 5 unspecified atom stereocenters. The van der Waals surface area contributed by atoms with Gasteiger partial charge < -0.3 is 45.6 Å². The number of aliphatic hydroxyl groups excluding tert-OH is 6. The van der Waals surface area contributed by atoms with Crippen molar-refractivity contribution in [1.82, 2.24) is 0 Å². The van der Waals surface area contributed by atoms with Gasteiger partial charge in [-0.25, -0.2) is 0 Å². The zero-order valence-corrected chi connectivity index (χ0v) is 16.4. The maximum atomic E-state index is 13.0. The highest BCUT2D eigenvalue weighted by atomic mass is 16.6. The molecule has 0 bridgehead atoms. The molecule has 6 atom stereocenters. The zero-order valence-electron chi connectivity index (χ0n) is 16.4. The van der Waals surface area contributed by atoms with Crippen LogP contribution in [0.5, 0.6) is 5.75 Å². The molecule has 0 saturated carbocycles. The molecule has 11 heteroatoms. The Kier molecular flexibility index (Phi) is 6.51. The smallest absolute Gasteiger partial charge is 0.219 e. The van der Waals surface area contributed by atoms with E-state index in [2.05, 4.69) is 0 Å². The molecule has 1 aliphatic carbocycles. The van der Waals surface area contributed by atoms with E-state index in [1.165, 1.54) is 30.3 Å². The van der Waals surface area contributed by atoms with Crippen LogP contribution in [0, 0.1) is 0 Å². The minimum absolute atomic E-state index is 0.00383. The van der Waals surface area contributed by atoms with Gasteiger partial charge in [-0.3, -0.25) is 9.59 Å². The van der Waals surface area contributed by atoms with Crippen LogP contribution in [-0.2, 0) is 14.3 Å². The maximum absolute atomic E-state index is 13.0. The Hall–Kier alpha value is -3.06. The van der Waals surface area contributed by atoms with Crippen LogP contribution < -0.4 is 0 Å². The van der Waals surface area contributed by atoms with E-state index < -0.39 is 71.4 Å². The van der Waals surface area contributed by atoms with E-state index in [0.29, 0.717) is 11.6 Å². The number of aromatic hydroxyl groups is 1. The second-order valence-corrected chi connectivity index (χ2v) is 7.42. The Morgan fingerprint density at radius 1 is 1.03 bits per heavy atom. The average Bonchev–Trinajstić information content (AvgIpc) is 2.76. The fourth-order valence-corrected chi connectivity index (χ4v) is 3.53. The first-order chi connectivity index (χ1) is 15.0. The molecule has 1 saturated heterocycles. The van der Waals surface area contributed by atoms with Crippen molar-refractivity contribution >= 4 is 17.6 Å². The Labute approximate surface area is 181 Å². The second kappa shape index (κ2) is 8.82. The normalized spacial score (nSPS) is 35.2. The van der Waals surface area contributed by atoms with Crippen molar-refractivity contribution in [2.24, 2.45) is 0 Å². The maximum Gasteiger partial charge on any atom is 0.219 e. The number of benzene rings is 1. The Morgan fingerprint density at radius 3 is 2.25 bits per heavy atom. The molecule has 172 valence electrons. The van der Waals surface area contributed by atoms with Gasteiger partial charge in [-0.05, 0) is 23.8 Å². The van der Waals surface area contributed by atoms with Crippen molar-refractivity contribution in [2.45, 2.75) is 36.1 Å². The van der Waals surface area contributed by atoms with Gasteiger partial charge in [0.1, 0.15) is 53.4 Å². The number of phenols is 1. The summed E-state index contributed by atoms with van der Waals surface area (Å²) in [4.78, 5) is 25.5. The highest BCUT2D eigenvalue weighted by Gasteiger charge is 2.61. The summed E-state index contributed by atoms with van der Waals surface area (Å²) in [5.74, 6) is -4.73. The van der Waals surface area contributed by atoms with Crippen molar-refractivity contribution in [3.8, 4) is 5.75 Å². The lowest BCUT2D eigenvalue weighted by Crippen LogP contribution is -2.70. The van der Waals surface area contributed by atoms with Gasteiger partial charge in [0, 0.05) is 6.08 Å². The van der Waals surface area contributed by atoms with Crippen molar-refractivity contribution in [2.75, 3.05) is 6.61 Å². The molecule has 0 amide bonds. The van der Waals surface area contributed by atoms with Crippen LogP contribution in [0.4, 0.5) is 0 Å². The van der Waals surface area contributed by atoms with Crippen molar-refractivity contribution in [3.63, 3.8) is 0 Å². The first kappa shape index (κ1) is 23.6. The molecule has 0 radical (unpaired) electrons. The van der Waals surface area contributed by atoms with Crippen LogP contribution in [0.2, 0.25) is 0 Å². The quantitative estimate of drug-likeness (QED) is 0.149. The molecule has 2 aliphatic rings. The lowest BCUT2D eigenvalue weighted by molar-refractivity contribution is -0.260. The SMILES string of the molecule is O=C1C=C(O)C(=C(O)/C=C/c2ccc(O)cc2)C(=O)[C@]1(O)C1OC(CO)C(O)C(O)C1O. The van der Waals surface area contributed by atoms with Gasteiger partial charge in [-0.15, -0.1) is 0 Å². The summed E-state index contributed by atoms with van der Waals surface area (Å²) < 4.78 is 5.16. The summed E-state index contributed by atoms with van der Waals surface area (Å²) in [6.07, 6.45) is -6.81. The number of rotatable bonds is 4. The Morgan fingerprint density at radius 2 is 1.66 bits per heavy atom. The third kappa shape index (κ3) is 3.93. The summed E-state index contributed by atoms with van der Waals surface area (Å²) in [5, 5.41) is 80.2. The van der Waals surface area contributed by atoms with Gasteiger partial charge >= 0.3 is 0 Å². The van der Waals surface area contributed by atoms with Gasteiger partial charge in [0.25, 0.3) is 0 Å². The number of carbonyl (C=O) groups is 2. The summed E-state index contributed by atoms with van der Waals surface area (Å²) in [7, 11) is 0. The van der Waals surface area contributed by atoms with Gasteiger partial charge in [-0.1, -0.05) is 18.2 Å². The molecule has 11 nitrogen and oxygen atoms in total. The molecule has 3 rings (SSSR count). The van der Waals surface area contributed by atoms with E-state index in [4.69, 9.17) is 4.74 Å². The highest BCUT2D eigenvalue weighted by molar-refractivity contribution is 6.25. The van der Waals surface area contributed by atoms with Crippen LogP contribution in [0.1, 0.15) is 5.56 Å². The number of phenolic OH excluding ortho intramolecular Hbond substituents is 1. The number of ether oxygens (including phenoxy) is 1. The first-order valence-electron chi connectivity index (χ1n) is 9.45. The van der Waals surface area contributed by atoms with Crippen LogP contribution in [-0.4, -0.2) is 95.1 Å². The van der Waals surface area contributed by atoms with Gasteiger partial charge in [0.2, 0.25) is 17.2 Å². The third-order valence-corrected chi connectivity index (χ3v) is 5.36. The summed E-state index contributed by atoms with van der Waals surface area (Å²) in [6, 6.07) is 5.69. The Balaban J connectivity index is 2.02. The number of Topliss-reactive ketones (excluding diaryl/α,β-unsaturated/α-hetero) is 1. The van der Waals surface area contributed by atoms with E-state index in [9.17, 15) is 50.4 Å². The van der Waals surface area contributed by atoms with E-state index in [1.54, 1.807) is 0 Å². The van der Waals surface area contributed by atoms with E-state index in [1.807, 2.05) is 0 Å². The average molecular weight is 450 g/mol. The monoisotopic (exact) mass is 450 g/mol. The van der Waals surface area contributed by atoms with Gasteiger partial charge in [0.05, 0.1) is 6.61 Å². The predicted molar refractivity (Wildman–Crippen MR) is 106 cm³/mol. The second-order valence-electron chi connectivity index (χ2n) is 7.42. The van der Waals surface area contributed by atoms with E-state index in [-0.39, 0.29) is 5.75 Å². The van der Waals surface area contributed by atoms with Gasteiger partial charge in [0.15, 0.2) is 0 Å².